The molecule has 0 unspecified atom stereocenters. The maximum atomic E-state index is 13.9. The van der Waals surface area contributed by atoms with Gasteiger partial charge in [-0.05, 0) is 38.1 Å². The second-order valence-corrected chi connectivity index (χ2v) is 6.48. The van der Waals surface area contributed by atoms with Crippen LogP contribution in [0, 0.1) is 5.82 Å². The maximum Gasteiger partial charge on any atom is 0.230 e. The fourth-order valence-electron chi connectivity index (χ4n) is 3.32. The molecule has 7 heteroatoms. The van der Waals surface area contributed by atoms with Gasteiger partial charge in [0.25, 0.3) is 0 Å². The fraction of sp³-hybridized carbons (Fsp3) is 0.368. The number of halogens is 1. The summed E-state index contributed by atoms with van der Waals surface area (Å²) in [6, 6.07) is 5.94. The quantitative estimate of drug-likeness (QED) is 0.843. The van der Waals surface area contributed by atoms with Crippen molar-refractivity contribution in [2.24, 2.45) is 4.99 Å². The van der Waals surface area contributed by atoms with Gasteiger partial charge in [0.1, 0.15) is 5.82 Å². The van der Waals surface area contributed by atoms with Crippen LogP contribution in [0.15, 0.2) is 33.7 Å². The van der Waals surface area contributed by atoms with Crippen LogP contribution in [0.1, 0.15) is 40.3 Å². The summed E-state index contributed by atoms with van der Waals surface area (Å²) in [7, 11) is 0. The van der Waals surface area contributed by atoms with E-state index in [-0.39, 0.29) is 40.8 Å². The molecule has 1 aromatic heterocycles. The molecular weight excluding hydrogens is 337 g/mol. The Morgan fingerprint density at radius 2 is 1.96 bits per heavy atom. The molecule has 0 atom stereocenters. The topological polar surface area (TPSA) is 75.8 Å². The highest BCUT2D eigenvalue weighted by atomic mass is 19.1. The van der Waals surface area contributed by atoms with E-state index < -0.39 is 11.6 Å². The molecule has 0 radical (unpaired) electrons. The third-order valence-electron chi connectivity index (χ3n) is 4.71. The molecule has 2 aliphatic rings. The lowest BCUT2D eigenvalue weighted by molar-refractivity contribution is 0.0940. The van der Waals surface area contributed by atoms with Crippen molar-refractivity contribution in [3.63, 3.8) is 0 Å². The van der Waals surface area contributed by atoms with E-state index in [0.717, 1.165) is 19.6 Å². The van der Waals surface area contributed by atoms with Crippen LogP contribution in [0.3, 0.4) is 0 Å². The molecule has 0 spiro atoms. The van der Waals surface area contributed by atoms with Gasteiger partial charge in [-0.15, -0.1) is 0 Å². The largest absolute Gasteiger partial charge is 0.432 e. The summed E-state index contributed by atoms with van der Waals surface area (Å²) in [4.78, 5) is 35.6. The summed E-state index contributed by atoms with van der Waals surface area (Å²) in [5.74, 6) is -1.45. The van der Waals surface area contributed by atoms with Gasteiger partial charge in [0.05, 0.1) is 24.2 Å². The minimum Gasteiger partial charge on any atom is -0.432 e. The number of hydrogen-bond acceptors (Lipinski definition) is 6. The highest BCUT2D eigenvalue weighted by Crippen LogP contribution is 2.28. The van der Waals surface area contributed by atoms with Crippen molar-refractivity contribution < 1.29 is 18.4 Å². The van der Waals surface area contributed by atoms with Crippen molar-refractivity contribution >= 4 is 17.3 Å². The third-order valence-corrected chi connectivity index (χ3v) is 4.71. The van der Waals surface area contributed by atoms with Gasteiger partial charge in [0, 0.05) is 6.54 Å². The molecule has 1 fully saturated rings. The van der Waals surface area contributed by atoms with Crippen molar-refractivity contribution in [1.29, 1.82) is 0 Å². The second kappa shape index (κ2) is 6.92. The fourth-order valence-corrected chi connectivity index (χ4v) is 3.32. The summed E-state index contributed by atoms with van der Waals surface area (Å²) < 4.78 is 19.3. The van der Waals surface area contributed by atoms with Crippen LogP contribution in [0.5, 0.6) is 0 Å². The van der Waals surface area contributed by atoms with Gasteiger partial charge in [0.15, 0.2) is 5.69 Å². The Hall–Kier alpha value is -2.67. The highest BCUT2D eigenvalue weighted by Gasteiger charge is 2.35. The third kappa shape index (κ3) is 3.10. The van der Waals surface area contributed by atoms with Gasteiger partial charge in [0.2, 0.25) is 23.2 Å². The van der Waals surface area contributed by atoms with E-state index in [1.54, 1.807) is 12.1 Å². The van der Waals surface area contributed by atoms with Gasteiger partial charge in [-0.25, -0.2) is 9.37 Å². The molecule has 2 aromatic rings. The molecule has 1 aromatic carbocycles. The number of nitrogens with zero attached hydrogens (tertiary/aromatic N) is 3. The van der Waals surface area contributed by atoms with Crippen LogP contribution in [0.2, 0.25) is 0 Å². The predicted molar refractivity (Wildman–Crippen MR) is 93.2 cm³/mol. The van der Waals surface area contributed by atoms with Crippen LogP contribution in [0.4, 0.5) is 4.39 Å². The van der Waals surface area contributed by atoms with Crippen molar-refractivity contribution in [1.82, 2.24) is 9.88 Å². The van der Waals surface area contributed by atoms with E-state index in [9.17, 15) is 14.0 Å². The molecule has 134 valence electrons. The number of likely N-dealkylation sites (tertiary alicyclic amines) is 1. The molecule has 2 heterocycles. The first-order chi connectivity index (χ1) is 12.6. The summed E-state index contributed by atoms with van der Waals surface area (Å²) in [5, 5.41) is 0. The Bertz CT molecular complexity index is 897. The van der Waals surface area contributed by atoms with Gasteiger partial charge in [-0.1, -0.05) is 12.1 Å². The summed E-state index contributed by atoms with van der Waals surface area (Å²) in [5.41, 5.74) is 0.254. The number of fused-ring (bicyclic) bond motifs is 1. The summed E-state index contributed by atoms with van der Waals surface area (Å²) in [6.45, 7) is 3.35. The van der Waals surface area contributed by atoms with E-state index in [0.29, 0.717) is 6.54 Å². The lowest BCUT2D eigenvalue weighted by Gasteiger charge is -2.13. The number of benzene rings is 1. The first kappa shape index (κ1) is 16.8. The van der Waals surface area contributed by atoms with Crippen molar-refractivity contribution in [2.75, 3.05) is 26.2 Å². The Morgan fingerprint density at radius 3 is 2.73 bits per heavy atom. The van der Waals surface area contributed by atoms with Crippen molar-refractivity contribution in [3.8, 4) is 11.5 Å². The van der Waals surface area contributed by atoms with Crippen LogP contribution >= 0.6 is 0 Å². The first-order valence-corrected chi connectivity index (χ1v) is 8.73. The predicted octanol–water partition coefficient (Wildman–Crippen LogP) is 2.79. The minimum atomic E-state index is -0.523. The van der Waals surface area contributed by atoms with E-state index >= 15 is 0 Å². The molecule has 4 rings (SSSR count). The van der Waals surface area contributed by atoms with E-state index in [2.05, 4.69) is 14.9 Å². The molecule has 0 saturated carbocycles. The van der Waals surface area contributed by atoms with Gasteiger partial charge in [-0.3, -0.25) is 14.6 Å². The van der Waals surface area contributed by atoms with Gasteiger partial charge >= 0.3 is 0 Å². The van der Waals surface area contributed by atoms with Gasteiger partial charge in [-0.2, -0.15) is 0 Å². The molecule has 26 heavy (non-hydrogen) atoms. The van der Waals surface area contributed by atoms with Crippen molar-refractivity contribution in [3.05, 3.63) is 41.5 Å². The number of oxazole rings is 1. The lowest BCUT2D eigenvalue weighted by atomic mass is 9.97. The molecule has 1 aliphatic carbocycles. The first-order valence-electron chi connectivity index (χ1n) is 8.73. The standard InChI is InChI=1S/C19H18FN3O3/c20-13-6-2-1-5-12(13)19-22-16-17(25)14(11-15(24)18(16)26-19)21-7-10-23-8-3-4-9-23/h1-2,5-6H,3-4,7-11H2. The highest BCUT2D eigenvalue weighted by molar-refractivity contribution is 6.52. The minimum absolute atomic E-state index is 0.0619. The lowest BCUT2D eigenvalue weighted by Crippen LogP contribution is -2.28. The van der Waals surface area contributed by atoms with Crippen LogP contribution in [-0.4, -0.2) is 53.3 Å². The number of rotatable bonds is 4. The average Bonchev–Trinajstić information content (AvgIpc) is 3.29. The Kier molecular flexibility index (Phi) is 4.46. The van der Waals surface area contributed by atoms with E-state index in [1.807, 2.05) is 0 Å². The number of aliphatic imine (C=N–C) groups is 1. The maximum absolute atomic E-state index is 13.9. The monoisotopic (exact) mass is 355 g/mol. The summed E-state index contributed by atoms with van der Waals surface area (Å²) >= 11 is 0. The van der Waals surface area contributed by atoms with Crippen LogP contribution in [0.25, 0.3) is 11.5 Å². The molecule has 0 bridgehead atoms. The smallest absolute Gasteiger partial charge is 0.230 e. The number of hydrogen-bond donors (Lipinski definition) is 0. The normalized spacial score (nSPS) is 19.3. The van der Waals surface area contributed by atoms with Crippen LogP contribution in [-0.2, 0) is 0 Å². The second-order valence-electron chi connectivity index (χ2n) is 6.48. The number of carbonyl (C=O) groups is 2. The zero-order chi connectivity index (χ0) is 18.1. The Morgan fingerprint density at radius 1 is 1.19 bits per heavy atom. The number of aromatic nitrogens is 1. The molecule has 0 amide bonds. The van der Waals surface area contributed by atoms with E-state index in [4.69, 9.17) is 4.42 Å². The van der Waals surface area contributed by atoms with Crippen LogP contribution < -0.4 is 0 Å². The number of carbonyl (C=O) groups excluding carboxylic acids is 2. The Balaban J connectivity index is 1.57. The zero-order valence-electron chi connectivity index (χ0n) is 14.2. The SMILES string of the molecule is O=C1C(=NCCN2CCCC2)CC(=O)c2oc(-c3ccccc3F)nc21. The molecular formula is C19H18FN3O3. The number of ketones is 2. The zero-order valence-corrected chi connectivity index (χ0v) is 14.2. The Labute approximate surface area is 149 Å². The van der Waals surface area contributed by atoms with E-state index in [1.165, 1.54) is 25.0 Å². The molecule has 0 N–H and O–H groups in total. The van der Waals surface area contributed by atoms with Gasteiger partial charge < -0.3 is 9.32 Å². The number of Topliss-reactive ketones (excluding diaryl/α,β-unsaturated/α-hetero) is 2. The average molecular weight is 355 g/mol. The summed E-state index contributed by atoms with van der Waals surface area (Å²) in [6.07, 6.45) is 2.28. The molecule has 1 saturated heterocycles. The molecule has 6 nitrogen and oxygen atoms in total. The van der Waals surface area contributed by atoms with Crippen molar-refractivity contribution in [2.45, 2.75) is 19.3 Å². The molecule has 1 aliphatic heterocycles.